The zero-order valence-electron chi connectivity index (χ0n) is 36.5. The van der Waals surface area contributed by atoms with Gasteiger partial charge in [-0.2, -0.15) is 0 Å². The van der Waals surface area contributed by atoms with E-state index in [1.165, 1.54) is 51.9 Å². The second-order valence-corrected chi connectivity index (χ2v) is 18.6. The molecule has 2 amide bonds. The number of amides is 2. The first-order chi connectivity index (χ1) is 31.2. The fourth-order valence-electron chi connectivity index (χ4n) is 11.3. The quantitative estimate of drug-likeness (QED) is 0.107. The molecule has 2 saturated heterocycles. The number of anilines is 1. The van der Waals surface area contributed by atoms with Gasteiger partial charge >= 0.3 is 12.2 Å². The number of H-pyrrole nitrogens is 2. The van der Waals surface area contributed by atoms with Crippen LogP contribution in [0.15, 0.2) is 109 Å². The third kappa shape index (κ3) is 6.98. The van der Waals surface area contributed by atoms with E-state index in [4.69, 9.17) is 9.72 Å². The molecule has 2 aromatic heterocycles. The maximum absolute atomic E-state index is 12.5. The van der Waals surface area contributed by atoms with Crippen molar-refractivity contribution in [1.29, 1.82) is 0 Å². The SMILES string of the molecule is COC(=O)NC(Cc1ccc2c(c1N1C3CCC(C3)C1c1ncc(-c3ccc(-c4ccc5cc(-c6cnc(C7CCCN7C(=O)O)[nH]6)ccc5c4)cc3)[nH]1)Cc1ccccc1-2)C(C)C. The molecule has 4 heterocycles. The van der Waals surface area contributed by atoms with Gasteiger partial charge in [-0.15, -0.1) is 0 Å². The van der Waals surface area contributed by atoms with Crippen molar-refractivity contribution in [2.45, 2.75) is 83.0 Å². The second kappa shape index (κ2) is 16.0. The molecule has 64 heavy (non-hydrogen) atoms. The number of fused-ring (bicyclic) bond motifs is 6. The van der Waals surface area contributed by atoms with E-state index in [1.54, 1.807) is 0 Å². The summed E-state index contributed by atoms with van der Waals surface area (Å²) in [6, 6.07) is 35.3. The number of likely N-dealkylation sites (tertiary alicyclic amines) is 1. The van der Waals surface area contributed by atoms with Gasteiger partial charge in [-0.05, 0) is 118 Å². The van der Waals surface area contributed by atoms with Crippen LogP contribution < -0.4 is 10.2 Å². The van der Waals surface area contributed by atoms with Crippen LogP contribution in [-0.2, 0) is 17.6 Å². The molecule has 2 aliphatic heterocycles. The highest BCUT2D eigenvalue weighted by atomic mass is 16.5. The molecule has 2 bridgehead atoms. The fraction of sp³-hybridized carbons (Fsp3) is 0.321. The third-order valence-corrected chi connectivity index (χ3v) is 14.6. The number of carbonyl (C=O) groups is 2. The van der Waals surface area contributed by atoms with Crippen molar-refractivity contribution >= 4 is 28.6 Å². The molecule has 0 spiro atoms. The summed E-state index contributed by atoms with van der Waals surface area (Å²) in [5, 5.41) is 15.0. The molecule has 5 atom stereocenters. The Kier molecular flexibility index (Phi) is 10.0. The Morgan fingerprint density at radius 2 is 1.52 bits per heavy atom. The Hall–Kier alpha value is -6.88. The summed E-state index contributed by atoms with van der Waals surface area (Å²) in [5.41, 5.74) is 14.2. The van der Waals surface area contributed by atoms with Gasteiger partial charge in [0, 0.05) is 36.3 Å². The summed E-state index contributed by atoms with van der Waals surface area (Å²) >= 11 is 0. The molecule has 3 fully saturated rings. The Bertz CT molecular complexity index is 2920. The Labute approximate surface area is 372 Å². The minimum Gasteiger partial charge on any atom is -0.465 e. The first kappa shape index (κ1) is 39.9. The van der Waals surface area contributed by atoms with Gasteiger partial charge in [-0.1, -0.05) is 98.8 Å². The van der Waals surface area contributed by atoms with E-state index in [9.17, 15) is 14.7 Å². The van der Waals surface area contributed by atoms with Gasteiger partial charge in [0.05, 0.1) is 43.0 Å². The highest BCUT2D eigenvalue weighted by Gasteiger charge is 2.49. The number of piperidine rings is 1. The van der Waals surface area contributed by atoms with E-state index in [-0.39, 0.29) is 24.0 Å². The molecule has 11 nitrogen and oxygen atoms in total. The van der Waals surface area contributed by atoms with Crippen molar-refractivity contribution in [2.24, 2.45) is 11.8 Å². The number of ether oxygens (including phenoxy) is 1. The summed E-state index contributed by atoms with van der Waals surface area (Å²) in [6.07, 6.45) is 9.23. The zero-order valence-corrected chi connectivity index (χ0v) is 36.5. The van der Waals surface area contributed by atoms with E-state index < -0.39 is 12.2 Å². The van der Waals surface area contributed by atoms with Gasteiger partial charge in [0.25, 0.3) is 0 Å². The first-order valence-corrected chi connectivity index (χ1v) is 22.8. The van der Waals surface area contributed by atoms with Gasteiger partial charge in [0.1, 0.15) is 11.6 Å². The van der Waals surface area contributed by atoms with Crippen LogP contribution in [0.3, 0.4) is 0 Å². The van der Waals surface area contributed by atoms with Gasteiger partial charge in [0.15, 0.2) is 0 Å². The number of aromatic nitrogens is 4. The number of hydrogen-bond donors (Lipinski definition) is 4. The van der Waals surface area contributed by atoms with Crippen LogP contribution in [0.1, 0.15) is 86.4 Å². The van der Waals surface area contributed by atoms with Crippen LogP contribution in [-0.4, -0.2) is 67.9 Å². The maximum atomic E-state index is 12.5. The lowest BCUT2D eigenvalue weighted by Crippen LogP contribution is -2.41. The molecule has 7 aromatic rings. The molecule has 2 aliphatic carbocycles. The number of alkyl carbamates (subject to hydrolysis) is 1. The Morgan fingerprint density at radius 1 is 0.812 bits per heavy atom. The lowest BCUT2D eigenvalue weighted by molar-refractivity contribution is 0.138. The van der Waals surface area contributed by atoms with Crippen LogP contribution >= 0.6 is 0 Å². The van der Waals surface area contributed by atoms with Crippen molar-refractivity contribution in [3.05, 3.63) is 138 Å². The number of rotatable bonds is 10. The molecule has 11 heteroatoms. The number of carboxylic acid groups (broad SMARTS) is 1. The van der Waals surface area contributed by atoms with Crippen molar-refractivity contribution in [3.63, 3.8) is 0 Å². The van der Waals surface area contributed by atoms with Crippen molar-refractivity contribution in [2.75, 3.05) is 18.6 Å². The topological polar surface area (TPSA) is 139 Å². The molecule has 1 saturated carbocycles. The van der Waals surface area contributed by atoms with Crippen molar-refractivity contribution in [3.8, 4) is 44.8 Å². The monoisotopic (exact) mass is 851 g/mol. The van der Waals surface area contributed by atoms with Crippen molar-refractivity contribution in [1.82, 2.24) is 30.2 Å². The van der Waals surface area contributed by atoms with E-state index in [0.717, 1.165) is 82.3 Å². The largest absolute Gasteiger partial charge is 0.465 e. The summed E-state index contributed by atoms with van der Waals surface area (Å²) in [7, 11) is 1.43. The molecular weight excluding hydrogens is 799 g/mol. The van der Waals surface area contributed by atoms with Gasteiger partial charge in [-0.3, -0.25) is 4.90 Å². The van der Waals surface area contributed by atoms with E-state index >= 15 is 0 Å². The molecule has 5 aromatic carbocycles. The molecule has 5 unspecified atom stereocenters. The van der Waals surface area contributed by atoms with Gasteiger partial charge in [0.2, 0.25) is 0 Å². The number of benzene rings is 5. The predicted molar refractivity (Wildman–Crippen MR) is 250 cm³/mol. The molecule has 324 valence electrons. The standard InChI is InChI=1S/C53H53N7O4/c1-30(2)44(58-52(61)64-3)27-39-19-21-42-41-8-5-4-7-36(41)26-43(42)48(39)60-40-20-18-38(25-40)49(60)51-55-28-45(57-51)32-12-10-31(11-13-32)33-14-15-35-24-37(17-16-34(35)23-33)46-29-54-50(56-46)47-9-6-22-59(47)53(62)63/h4-5,7-8,10-17,19,21,23-24,28-30,38,40,44,47,49H,6,9,18,20,22,25-27H2,1-3H3,(H,54,56)(H,55,57)(H,58,61)(H,62,63). The minimum atomic E-state index is -0.900. The number of carbonyl (C=O) groups excluding carboxylic acids is 1. The number of aromatic amines is 2. The summed E-state index contributed by atoms with van der Waals surface area (Å²) in [5.74, 6) is 2.43. The average Bonchev–Trinajstić information content (AvgIpc) is 4.18. The number of hydrogen-bond acceptors (Lipinski definition) is 6. The summed E-state index contributed by atoms with van der Waals surface area (Å²) in [6.45, 7) is 4.86. The fourth-order valence-corrected chi connectivity index (χ4v) is 11.3. The smallest absolute Gasteiger partial charge is 0.407 e. The number of imidazole rings is 2. The number of nitrogens with one attached hydrogen (secondary N) is 3. The minimum absolute atomic E-state index is 0.0778. The van der Waals surface area contributed by atoms with Crippen LogP contribution in [0.4, 0.5) is 15.3 Å². The average molecular weight is 852 g/mol. The first-order valence-electron chi connectivity index (χ1n) is 22.8. The van der Waals surface area contributed by atoms with E-state index in [0.29, 0.717) is 30.7 Å². The van der Waals surface area contributed by atoms with Crippen LogP contribution in [0.25, 0.3) is 55.5 Å². The maximum Gasteiger partial charge on any atom is 0.407 e. The van der Waals surface area contributed by atoms with E-state index in [2.05, 4.69) is 136 Å². The summed E-state index contributed by atoms with van der Waals surface area (Å²) < 4.78 is 5.06. The summed E-state index contributed by atoms with van der Waals surface area (Å²) in [4.78, 5) is 45.4. The molecule has 4 N–H and O–H groups in total. The van der Waals surface area contributed by atoms with Gasteiger partial charge < -0.3 is 30.0 Å². The predicted octanol–water partition coefficient (Wildman–Crippen LogP) is 11.3. The van der Waals surface area contributed by atoms with Gasteiger partial charge in [-0.25, -0.2) is 19.6 Å². The van der Waals surface area contributed by atoms with Crippen molar-refractivity contribution < 1.29 is 19.4 Å². The Balaban J connectivity index is 0.857. The zero-order chi connectivity index (χ0) is 43.6. The molecule has 4 aliphatic rings. The third-order valence-electron chi connectivity index (χ3n) is 14.6. The second-order valence-electron chi connectivity index (χ2n) is 18.6. The number of nitrogens with zero attached hydrogens (tertiary/aromatic N) is 4. The normalized spacial score (nSPS) is 20.2. The highest BCUT2D eigenvalue weighted by molar-refractivity contribution is 5.91. The molecule has 0 radical (unpaired) electrons. The van der Waals surface area contributed by atoms with Crippen LogP contribution in [0.2, 0.25) is 0 Å². The van der Waals surface area contributed by atoms with Crippen LogP contribution in [0, 0.1) is 11.8 Å². The lowest BCUT2D eigenvalue weighted by Gasteiger charge is -2.39. The van der Waals surface area contributed by atoms with Crippen LogP contribution in [0.5, 0.6) is 0 Å². The Morgan fingerprint density at radius 3 is 2.30 bits per heavy atom. The lowest BCUT2D eigenvalue weighted by atomic mass is 9.89. The highest BCUT2D eigenvalue weighted by Crippen LogP contribution is 2.55. The van der Waals surface area contributed by atoms with E-state index in [1.807, 2.05) is 12.4 Å². The molecule has 11 rings (SSSR count). The number of methoxy groups -OCH3 is 1. The molecular formula is C53H53N7O4.